The standard InChI is InChI=1S/C15H28N2S/c1-12(2)6-7-13(3)17-14-16-10-15(11-18-14)8-4-5-9-15/h12-13H,4-11H2,1-3H3,(H,16,17). The second kappa shape index (κ2) is 6.31. The van der Waals surface area contributed by atoms with Crippen LogP contribution in [0.2, 0.25) is 0 Å². The van der Waals surface area contributed by atoms with Crippen LogP contribution in [0.15, 0.2) is 4.99 Å². The average molecular weight is 268 g/mol. The number of amidine groups is 1. The van der Waals surface area contributed by atoms with Gasteiger partial charge in [0, 0.05) is 18.3 Å². The summed E-state index contributed by atoms with van der Waals surface area (Å²) in [4.78, 5) is 4.80. The van der Waals surface area contributed by atoms with Crippen molar-refractivity contribution in [2.24, 2.45) is 16.3 Å². The first-order valence-electron chi connectivity index (χ1n) is 7.53. The normalized spacial score (nSPS) is 24.3. The molecule has 18 heavy (non-hydrogen) atoms. The molecular weight excluding hydrogens is 240 g/mol. The van der Waals surface area contributed by atoms with Crippen molar-refractivity contribution in [2.45, 2.75) is 65.3 Å². The van der Waals surface area contributed by atoms with E-state index in [1.165, 1.54) is 49.4 Å². The van der Waals surface area contributed by atoms with Crippen LogP contribution in [0, 0.1) is 11.3 Å². The lowest BCUT2D eigenvalue weighted by atomic mass is 9.89. The molecule has 1 heterocycles. The summed E-state index contributed by atoms with van der Waals surface area (Å²) < 4.78 is 0. The van der Waals surface area contributed by atoms with Crippen molar-refractivity contribution < 1.29 is 0 Å². The first kappa shape index (κ1) is 14.2. The lowest BCUT2D eigenvalue weighted by Crippen LogP contribution is -2.37. The molecule has 1 aliphatic heterocycles. The van der Waals surface area contributed by atoms with Gasteiger partial charge in [0.25, 0.3) is 0 Å². The van der Waals surface area contributed by atoms with E-state index < -0.39 is 0 Å². The van der Waals surface area contributed by atoms with Gasteiger partial charge in [-0.15, -0.1) is 0 Å². The SMILES string of the molecule is CC(C)CCC(C)NC1=NCC2(CCCC2)CS1. The van der Waals surface area contributed by atoms with Crippen LogP contribution in [0.3, 0.4) is 0 Å². The van der Waals surface area contributed by atoms with Crippen LogP contribution in [0.4, 0.5) is 0 Å². The number of aliphatic imine (C=N–C) groups is 1. The second-order valence-electron chi connectivity index (χ2n) is 6.63. The Morgan fingerprint density at radius 3 is 2.50 bits per heavy atom. The third-order valence-electron chi connectivity index (χ3n) is 4.28. The van der Waals surface area contributed by atoms with Crippen LogP contribution in [0.25, 0.3) is 0 Å². The van der Waals surface area contributed by atoms with Crippen molar-refractivity contribution in [1.29, 1.82) is 0 Å². The summed E-state index contributed by atoms with van der Waals surface area (Å²) in [6.07, 6.45) is 8.20. The van der Waals surface area contributed by atoms with Crippen molar-refractivity contribution in [1.82, 2.24) is 5.32 Å². The summed E-state index contributed by atoms with van der Waals surface area (Å²) >= 11 is 1.96. The van der Waals surface area contributed by atoms with Crippen LogP contribution >= 0.6 is 11.8 Å². The van der Waals surface area contributed by atoms with Gasteiger partial charge in [0.05, 0.1) is 0 Å². The summed E-state index contributed by atoms with van der Waals surface area (Å²) in [6, 6.07) is 0.566. The van der Waals surface area contributed by atoms with E-state index in [-0.39, 0.29) is 0 Å². The smallest absolute Gasteiger partial charge is 0.156 e. The molecule has 3 heteroatoms. The van der Waals surface area contributed by atoms with Crippen molar-refractivity contribution in [2.75, 3.05) is 12.3 Å². The molecule has 0 aromatic heterocycles. The summed E-state index contributed by atoms with van der Waals surface area (Å²) in [5, 5.41) is 4.79. The van der Waals surface area contributed by atoms with Gasteiger partial charge in [0.15, 0.2) is 5.17 Å². The fraction of sp³-hybridized carbons (Fsp3) is 0.933. The lowest BCUT2D eigenvalue weighted by Gasteiger charge is -2.32. The molecule has 2 aliphatic rings. The Labute approximate surface area is 116 Å². The molecule has 0 radical (unpaired) electrons. The fourth-order valence-corrected chi connectivity index (χ4v) is 4.20. The largest absolute Gasteiger partial charge is 0.362 e. The van der Waals surface area contributed by atoms with Crippen LogP contribution < -0.4 is 5.32 Å². The maximum atomic E-state index is 4.80. The molecule has 0 amide bonds. The first-order chi connectivity index (χ1) is 8.60. The number of nitrogens with zero attached hydrogens (tertiary/aromatic N) is 1. The van der Waals surface area contributed by atoms with E-state index in [4.69, 9.17) is 4.99 Å². The Bertz CT molecular complexity index is 293. The predicted molar refractivity (Wildman–Crippen MR) is 82.3 cm³/mol. The molecule has 104 valence electrons. The van der Waals surface area contributed by atoms with Crippen LogP contribution in [-0.4, -0.2) is 23.5 Å². The highest BCUT2D eigenvalue weighted by Gasteiger charge is 2.36. The minimum absolute atomic E-state index is 0.566. The zero-order valence-corrected chi connectivity index (χ0v) is 13.0. The molecule has 1 spiro atoms. The molecule has 1 N–H and O–H groups in total. The van der Waals surface area contributed by atoms with Crippen molar-refractivity contribution in [3.63, 3.8) is 0 Å². The van der Waals surface area contributed by atoms with Gasteiger partial charge in [-0.2, -0.15) is 0 Å². The van der Waals surface area contributed by atoms with E-state index in [1.807, 2.05) is 11.8 Å². The molecule has 0 bridgehead atoms. The van der Waals surface area contributed by atoms with Gasteiger partial charge in [-0.25, -0.2) is 0 Å². The second-order valence-corrected chi connectivity index (χ2v) is 7.60. The summed E-state index contributed by atoms with van der Waals surface area (Å²) in [5.74, 6) is 2.09. The molecule has 1 unspecified atom stereocenters. The zero-order valence-electron chi connectivity index (χ0n) is 12.2. The predicted octanol–water partition coefficient (Wildman–Crippen LogP) is 4.06. The molecular formula is C15H28N2S. The minimum Gasteiger partial charge on any atom is -0.362 e. The van der Waals surface area contributed by atoms with Crippen molar-refractivity contribution >= 4 is 16.9 Å². The van der Waals surface area contributed by atoms with Crippen LogP contribution in [0.5, 0.6) is 0 Å². The molecule has 2 nitrogen and oxygen atoms in total. The molecule has 1 atom stereocenters. The number of rotatable bonds is 4. The van der Waals surface area contributed by atoms with E-state index in [9.17, 15) is 0 Å². The average Bonchev–Trinajstić information content (AvgIpc) is 2.79. The monoisotopic (exact) mass is 268 g/mol. The van der Waals surface area contributed by atoms with Gasteiger partial charge >= 0.3 is 0 Å². The number of hydrogen-bond donors (Lipinski definition) is 1. The minimum atomic E-state index is 0.566. The highest BCUT2D eigenvalue weighted by molar-refractivity contribution is 8.13. The van der Waals surface area contributed by atoms with E-state index in [0.29, 0.717) is 11.5 Å². The highest BCUT2D eigenvalue weighted by atomic mass is 32.2. The lowest BCUT2D eigenvalue weighted by molar-refractivity contribution is 0.357. The third-order valence-corrected chi connectivity index (χ3v) is 5.56. The Balaban J connectivity index is 1.75. The Morgan fingerprint density at radius 1 is 1.22 bits per heavy atom. The third kappa shape index (κ3) is 3.91. The van der Waals surface area contributed by atoms with Gasteiger partial charge in [0.2, 0.25) is 0 Å². The van der Waals surface area contributed by atoms with E-state index in [2.05, 4.69) is 26.1 Å². The fourth-order valence-electron chi connectivity index (χ4n) is 2.93. The molecule has 1 fully saturated rings. The quantitative estimate of drug-likeness (QED) is 0.831. The summed E-state index contributed by atoms with van der Waals surface area (Å²) in [6.45, 7) is 7.94. The Morgan fingerprint density at radius 2 is 1.94 bits per heavy atom. The molecule has 0 aromatic rings. The number of hydrogen-bond acceptors (Lipinski definition) is 3. The van der Waals surface area contributed by atoms with E-state index >= 15 is 0 Å². The molecule has 0 aromatic carbocycles. The Kier molecular flexibility index (Phi) is 4.99. The van der Waals surface area contributed by atoms with Crippen molar-refractivity contribution in [3.8, 4) is 0 Å². The van der Waals surface area contributed by atoms with Gasteiger partial charge in [-0.3, -0.25) is 4.99 Å². The first-order valence-corrected chi connectivity index (χ1v) is 8.52. The van der Waals surface area contributed by atoms with E-state index in [0.717, 1.165) is 12.5 Å². The maximum Gasteiger partial charge on any atom is 0.156 e. The van der Waals surface area contributed by atoms with Gasteiger partial charge in [-0.05, 0) is 43.9 Å². The van der Waals surface area contributed by atoms with Crippen molar-refractivity contribution in [3.05, 3.63) is 0 Å². The van der Waals surface area contributed by atoms with Gasteiger partial charge in [0.1, 0.15) is 0 Å². The van der Waals surface area contributed by atoms with Crippen LogP contribution in [0.1, 0.15) is 59.3 Å². The topological polar surface area (TPSA) is 24.4 Å². The molecule has 2 rings (SSSR count). The molecule has 0 saturated heterocycles. The van der Waals surface area contributed by atoms with Crippen LogP contribution in [-0.2, 0) is 0 Å². The zero-order chi connectivity index (χ0) is 13.0. The van der Waals surface area contributed by atoms with Gasteiger partial charge < -0.3 is 5.32 Å². The highest BCUT2D eigenvalue weighted by Crippen LogP contribution is 2.43. The van der Waals surface area contributed by atoms with E-state index in [1.54, 1.807) is 0 Å². The number of thioether (sulfide) groups is 1. The van der Waals surface area contributed by atoms with Gasteiger partial charge in [-0.1, -0.05) is 38.5 Å². The number of nitrogens with one attached hydrogen (secondary N) is 1. The summed E-state index contributed by atoms with van der Waals surface area (Å²) in [5.41, 5.74) is 0.566. The molecule has 1 saturated carbocycles. The summed E-state index contributed by atoms with van der Waals surface area (Å²) in [7, 11) is 0. The Hall–Kier alpha value is -0.180. The maximum absolute atomic E-state index is 4.80. The molecule has 1 aliphatic carbocycles.